The molecule has 0 aliphatic heterocycles. The highest BCUT2D eigenvalue weighted by Crippen LogP contribution is 2.30. The third-order valence-corrected chi connectivity index (χ3v) is 3.83. The second kappa shape index (κ2) is 6.67. The van der Waals surface area contributed by atoms with Crippen molar-refractivity contribution < 1.29 is 15.0 Å². The summed E-state index contributed by atoms with van der Waals surface area (Å²) in [5, 5.41) is 32.2. The lowest BCUT2D eigenvalue weighted by molar-refractivity contribution is -0.422. The number of hydrogen-bond donors (Lipinski definition) is 2. The first kappa shape index (κ1) is 17.7. The first-order valence-electron chi connectivity index (χ1n) is 7.61. The Bertz CT molecular complexity index is 1160. The number of fused-ring (bicyclic) bond motifs is 1. The van der Waals surface area contributed by atoms with Crippen LogP contribution in [0.2, 0.25) is 0 Å². The molecule has 0 saturated carbocycles. The summed E-state index contributed by atoms with van der Waals surface area (Å²) in [7, 11) is 0. The summed E-state index contributed by atoms with van der Waals surface area (Å²) in [6, 6.07) is 8.66. The van der Waals surface area contributed by atoms with Crippen LogP contribution in [0.3, 0.4) is 0 Å². The van der Waals surface area contributed by atoms with Gasteiger partial charge in [0.1, 0.15) is 11.5 Å². The molecule has 3 aromatic rings. The Morgan fingerprint density at radius 1 is 1.11 bits per heavy atom. The highest BCUT2D eigenvalue weighted by atomic mass is 16.6. The monoisotopic (exact) mass is 368 g/mol. The van der Waals surface area contributed by atoms with Gasteiger partial charge in [-0.15, -0.1) is 0 Å². The molecule has 0 amide bonds. The Morgan fingerprint density at radius 3 is 2.30 bits per heavy atom. The van der Waals surface area contributed by atoms with Gasteiger partial charge in [0.15, 0.2) is 0 Å². The van der Waals surface area contributed by atoms with Gasteiger partial charge in [-0.2, -0.15) is 0 Å². The van der Waals surface area contributed by atoms with Crippen molar-refractivity contribution in [2.75, 3.05) is 0 Å². The van der Waals surface area contributed by atoms with Gasteiger partial charge in [-0.25, -0.2) is 4.98 Å². The van der Waals surface area contributed by atoms with Gasteiger partial charge in [-0.05, 0) is 6.92 Å². The van der Waals surface area contributed by atoms with Crippen molar-refractivity contribution in [1.29, 1.82) is 0 Å². The minimum Gasteiger partial charge on any atom is -0.507 e. The lowest BCUT2D eigenvalue weighted by Crippen LogP contribution is -2.12. The summed E-state index contributed by atoms with van der Waals surface area (Å²) < 4.78 is 0. The lowest BCUT2D eigenvalue weighted by Gasteiger charge is -2.03. The van der Waals surface area contributed by atoms with E-state index in [1.807, 2.05) is 6.92 Å². The molecule has 0 atom stereocenters. The van der Waals surface area contributed by atoms with Gasteiger partial charge in [0.2, 0.25) is 0 Å². The fraction of sp³-hybridized carbons (Fsp3) is 0.0588. The van der Waals surface area contributed by atoms with E-state index in [9.17, 15) is 30.1 Å². The number of nitro benzene ring substituents is 2. The van der Waals surface area contributed by atoms with Gasteiger partial charge in [0.25, 0.3) is 5.56 Å². The van der Waals surface area contributed by atoms with Gasteiger partial charge >= 0.3 is 11.4 Å². The zero-order chi connectivity index (χ0) is 19.7. The van der Waals surface area contributed by atoms with Crippen LogP contribution in [0.25, 0.3) is 22.9 Å². The molecule has 0 spiro atoms. The molecular formula is C17H12N4O6. The maximum atomic E-state index is 12.2. The van der Waals surface area contributed by atoms with Gasteiger partial charge < -0.3 is 10.1 Å². The van der Waals surface area contributed by atoms with Gasteiger partial charge in [-0.3, -0.25) is 25.0 Å². The van der Waals surface area contributed by atoms with Crippen molar-refractivity contribution in [3.8, 4) is 0 Å². The summed E-state index contributed by atoms with van der Waals surface area (Å²) in [4.78, 5) is 38.8. The van der Waals surface area contributed by atoms with Crippen LogP contribution in [0.1, 0.15) is 16.8 Å². The number of H-pyrrole nitrogens is 1. The summed E-state index contributed by atoms with van der Waals surface area (Å²) in [6.07, 6.45) is 1.12. The Labute approximate surface area is 150 Å². The number of nitro groups is 2. The summed E-state index contributed by atoms with van der Waals surface area (Å²) in [6.45, 7) is 1.88. The predicted octanol–water partition coefficient (Wildman–Crippen LogP) is 3.10. The van der Waals surface area contributed by atoms with E-state index in [1.54, 1.807) is 24.3 Å². The van der Waals surface area contributed by atoms with Crippen LogP contribution in [0.5, 0.6) is 0 Å². The van der Waals surface area contributed by atoms with Crippen LogP contribution in [-0.2, 0) is 0 Å². The van der Waals surface area contributed by atoms with E-state index in [1.165, 1.54) is 0 Å². The van der Waals surface area contributed by atoms with Crippen LogP contribution < -0.4 is 5.56 Å². The molecule has 27 heavy (non-hydrogen) atoms. The molecule has 2 aromatic carbocycles. The van der Waals surface area contributed by atoms with E-state index in [2.05, 4.69) is 9.97 Å². The predicted molar refractivity (Wildman–Crippen MR) is 97.4 cm³/mol. The molecule has 1 aromatic heterocycles. The van der Waals surface area contributed by atoms with Crippen molar-refractivity contribution in [2.24, 2.45) is 0 Å². The molecule has 0 radical (unpaired) electrons. The van der Waals surface area contributed by atoms with Gasteiger partial charge in [0, 0.05) is 17.7 Å². The first-order valence-corrected chi connectivity index (χ1v) is 7.61. The number of benzene rings is 2. The number of aliphatic hydroxyl groups is 1. The fourth-order valence-electron chi connectivity index (χ4n) is 2.45. The Balaban J connectivity index is 2.16. The normalized spacial score (nSPS) is 11.5. The molecule has 136 valence electrons. The smallest absolute Gasteiger partial charge is 0.348 e. The van der Waals surface area contributed by atoms with Crippen molar-refractivity contribution >= 4 is 34.2 Å². The van der Waals surface area contributed by atoms with E-state index in [0.717, 1.165) is 23.8 Å². The Morgan fingerprint density at radius 2 is 1.70 bits per heavy atom. The molecule has 10 heteroatoms. The molecule has 2 N–H and O–H groups in total. The molecule has 0 aliphatic carbocycles. The fourth-order valence-corrected chi connectivity index (χ4v) is 2.45. The molecule has 3 rings (SSSR count). The highest BCUT2D eigenvalue weighted by Gasteiger charge is 2.25. The molecule has 0 unspecified atom stereocenters. The number of aromatic amines is 1. The minimum absolute atomic E-state index is 0.0187. The zero-order valence-corrected chi connectivity index (χ0v) is 13.9. The SMILES string of the molecule is Cc1ccc(/C(O)=C/c2nc3cc([N+](=O)[O-])c([N+](=O)[O-])cc3[nH]c2=O)cc1. The minimum atomic E-state index is -0.910. The molecule has 0 saturated heterocycles. The van der Waals surface area contributed by atoms with Crippen LogP contribution in [0.15, 0.2) is 41.2 Å². The average Bonchev–Trinajstić information content (AvgIpc) is 2.61. The largest absolute Gasteiger partial charge is 0.507 e. The van der Waals surface area contributed by atoms with E-state index >= 15 is 0 Å². The van der Waals surface area contributed by atoms with Crippen LogP contribution >= 0.6 is 0 Å². The van der Waals surface area contributed by atoms with Gasteiger partial charge in [-0.1, -0.05) is 29.8 Å². The maximum Gasteiger partial charge on any atom is 0.348 e. The van der Waals surface area contributed by atoms with Crippen molar-refractivity contribution in [3.05, 3.63) is 83.8 Å². The van der Waals surface area contributed by atoms with Crippen molar-refractivity contribution in [3.63, 3.8) is 0 Å². The van der Waals surface area contributed by atoms with E-state index in [-0.39, 0.29) is 22.5 Å². The van der Waals surface area contributed by atoms with Crippen LogP contribution in [-0.4, -0.2) is 24.9 Å². The first-order chi connectivity index (χ1) is 12.8. The molecule has 1 heterocycles. The molecule has 10 nitrogen and oxygen atoms in total. The number of aliphatic hydroxyl groups excluding tert-OH is 1. The quantitative estimate of drug-likeness (QED) is 0.407. The third kappa shape index (κ3) is 3.49. The topological polar surface area (TPSA) is 152 Å². The number of nitrogens with zero attached hydrogens (tertiary/aromatic N) is 3. The molecule has 0 bridgehead atoms. The molecular weight excluding hydrogens is 356 g/mol. The number of aromatic nitrogens is 2. The highest BCUT2D eigenvalue weighted by molar-refractivity contribution is 5.84. The summed E-state index contributed by atoms with van der Waals surface area (Å²) in [5.74, 6) is -0.219. The summed E-state index contributed by atoms with van der Waals surface area (Å²) >= 11 is 0. The lowest BCUT2D eigenvalue weighted by atomic mass is 10.1. The number of rotatable bonds is 4. The van der Waals surface area contributed by atoms with Crippen molar-refractivity contribution in [1.82, 2.24) is 9.97 Å². The summed E-state index contributed by atoms with van der Waals surface area (Å²) in [5.41, 5.74) is -0.994. The van der Waals surface area contributed by atoms with E-state index in [0.29, 0.717) is 5.56 Å². The Hall–Kier alpha value is -4.08. The zero-order valence-electron chi connectivity index (χ0n) is 13.9. The molecule has 0 fully saturated rings. The van der Waals surface area contributed by atoms with E-state index in [4.69, 9.17) is 0 Å². The number of aryl methyl sites for hydroxylation is 1. The second-order valence-corrected chi connectivity index (χ2v) is 5.72. The average molecular weight is 368 g/mol. The number of nitrogens with one attached hydrogen (secondary N) is 1. The van der Waals surface area contributed by atoms with Crippen molar-refractivity contribution in [2.45, 2.75) is 6.92 Å². The standard InChI is InChI=1S/C17H12N4O6/c1-9-2-4-10(5-3-9)16(22)8-13-17(23)19-12-7-15(21(26)27)14(20(24)25)6-11(12)18-13/h2-8,22H,1H3,(H,19,23)/b16-8-. The second-order valence-electron chi connectivity index (χ2n) is 5.72. The molecule has 0 aliphatic rings. The Kier molecular flexibility index (Phi) is 4.38. The van der Waals surface area contributed by atoms with Crippen LogP contribution in [0.4, 0.5) is 11.4 Å². The maximum absolute atomic E-state index is 12.2. The van der Waals surface area contributed by atoms with E-state index < -0.39 is 26.8 Å². The number of hydrogen-bond acceptors (Lipinski definition) is 7. The van der Waals surface area contributed by atoms with Gasteiger partial charge in [0.05, 0.1) is 26.9 Å². The van der Waals surface area contributed by atoms with Crippen LogP contribution in [0, 0.1) is 27.2 Å². The third-order valence-electron chi connectivity index (χ3n) is 3.83.